The summed E-state index contributed by atoms with van der Waals surface area (Å²) in [5.41, 5.74) is 5.09. The Morgan fingerprint density at radius 3 is 2.60 bits per heavy atom. The molecule has 0 unspecified atom stereocenters. The van der Waals surface area contributed by atoms with Crippen LogP contribution in [0, 0.1) is 10.1 Å². The second-order valence-electron chi connectivity index (χ2n) is 6.54. The Labute approximate surface area is 173 Å². The quantitative estimate of drug-likeness (QED) is 0.433. The number of alkyl halides is 3. The Morgan fingerprint density at radius 2 is 1.97 bits per heavy atom. The second-order valence-corrected chi connectivity index (χ2v) is 7.56. The Balaban J connectivity index is 1.82. The van der Waals surface area contributed by atoms with Crippen molar-refractivity contribution in [2.75, 3.05) is 17.2 Å². The monoisotopic (exact) mass is 439 g/mol. The van der Waals surface area contributed by atoms with Crippen molar-refractivity contribution in [2.45, 2.75) is 23.9 Å². The van der Waals surface area contributed by atoms with Crippen LogP contribution in [-0.2, 0) is 17.4 Å². The van der Waals surface area contributed by atoms with Crippen LogP contribution in [0.4, 0.5) is 24.5 Å². The fraction of sp³-hybridized carbons (Fsp3) is 0.263. The molecule has 1 aliphatic heterocycles. The summed E-state index contributed by atoms with van der Waals surface area (Å²) in [4.78, 5) is 36.1. The summed E-state index contributed by atoms with van der Waals surface area (Å²) < 4.78 is 38.5. The van der Waals surface area contributed by atoms with Gasteiger partial charge in [0.15, 0.2) is 0 Å². The molecule has 2 aromatic carbocycles. The standard InChI is InChI=1S/C19H16F3N3O4S/c20-19(21,22)11-6-7-16(15(9-11)25(28)29)30-10-17(26)24-8-2-4-12-13(18(23)27)3-1-5-14(12)24/h1,3,5-7,9H,2,4,8,10H2,(H2,23,27). The van der Waals surface area contributed by atoms with Gasteiger partial charge in [-0.25, -0.2) is 0 Å². The van der Waals surface area contributed by atoms with Gasteiger partial charge in [-0.3, -0.25) is 19.7 Å². The number of benzene rings is 2. The average molecular weight is 439 g/mol. The molecule has 0 atom stereocenters. The zero-order chi connectivity index (χ0) is 22.1. The molecule has 3 rings (SSSR count). The number of amides is 2. The van der Waals surface area contributed by atoms with E-state index in [0.717, 1.165) is 23.9 Å². The summed E-state index contributed by atoms with van der Waals surface area (Å²) in [5, 5.41) is 11.2. The van der Waals surface area contributed by atoms with E-state index in [4.69, 9.17) is 5.73 Å². The molecule has 30 heavy (non-hydrogen) atoms. The number of hydrogen-bond acceptors (Lipinski definition) is 5. The summed E-state index contributed by atoms with van der Waals surface area (Å²) in [6.45, 7) is 0.393. The molecule has 7 nitrogen and oxygen atoms in total. The molecule has 0 aromatic heterocycles. The van der Waals surface area contributed by atoms with Crippen LogP contribution in [0.2, 0.25) is 0 Å². The minimum absolute atomic E-state index is 0.0375. The molecular formula is C19H16F3N3O4S. The topological polar surface area (TPSA) is 107 Å². The molecule has 0 aliphatic carbocycles. The lowest BCUT2D eigenvalue weighted by atomic mass is 9.96. The van der Waals surface area contributed by atoms with Gasteiger partial charge in [-0.15, -0.1) is 11.8 Å². The molecule has 2 aromatic rings. The average Bonchev–Trinajstić information content (AvgIpc) is 2.70. The lowest BCUT2D eigenvalue weighted by Crippen LogP contribution is -2.37. The third-order valence-corrected chi connectivity index (χ3v) is 5.70. The molecule has 0 fully saturated rings. The molecule has 0 saturated heterocycles. The zero-order valence-corrected chi connectivity index (χ0v) is 16.3. The number of thioether (sulfide) groups is 1. The van der Waals surface area contributed by atoms with Crippen LogP contribution in [0.1, 0.15) is 27.9 Å². The van der Waals surface area contributed by atoms with Crippen LogP contribution in [0.25, 0.3) is 0 Å². The first kappa shape index (κ1) is 21.6. The first-order valence-corrected chi connectivity index (χ1v) is 9.78. The molecule has 1 heterocycles. The van der Waals surface area contributed by atoms with Gasteiger partial charge in [0.2, 0.25) is 11.8 Å². The minimum Gasteiger partial charge on any atom is -0.366 e. The summed E-state index contributed by atoms with van der Waals surface area (Å²) >= 11 is 0.790. The van der Waals surface area contributed by atoms with Gasteiger partial charge >= 0.3 is 6.18 Å². The largest absolute Gasteiger partial charge is 0.416 e. The number of hydrogen-bond donors (Lipinski definition) is 1. The highest BCUT2D eigenvalue weighted by Gasteiger charge is 2.33. The van der Waals surface area contributed by atoms with Gasteiger partial charge in [0.05, 0.1) is 21.1 Å². The van der Waals surface area contributed by atoms with Crippen LogP contribution in [0.15, 0.2) is 41.3 Å². The highest BCUT2D eigenvalue weighted by atomic mass is 32.2. The van der Waals surface area contributed by atoms with E-state index in [9.17, 15) is 32.9 Å². The van der Waals surface area contributed by atoms with E-state index >= 15 is 0 Å². The molecule has 2 amide bonds. The fourth-order valence-corrected chi connectivity index (χ4v) is 4.17. The number of halogens is 3. The van der Waals surface area contributed by atoms with Crippen molar-refractivity contribution in [1.82, 2.24) is 0 Å². The van der Waals surface area contributed by atoms with E-state index in [0.29, 0.717) is 42.3 Å². The number of primary amides is 1. The Hall–Kier alpha value is -3.08. The van der Waals surface area contributed by atoms with Gasteiger partial charge in [-0.2, -0.15) is 13.2 Å². The number of nitrogens with two attached hydrogens (primary N) is 1. The smallest absolute Gasteiger partial charge is 0.366 e. The highest BCUT2D eigenvalue weighted by molar-refractivity contribution is 8.00. The lowest BCUT2D eigenvalue weighted by molar-refractivity contribution is -0.388. The number of carbonyl (C=O) groups is 2. The number of nitrogens with zero attached hydrogens (tertiary/aromatic N) is 2. The number of rotatable bonds is 5. The van der Waals surface area contributed by atoms with Crippen molar-refractivity contribution >= 4 is 35.0 Å². The van der Waals surface area contributed by atoms with Crippen LogP contribution >= 0.6 is 11.8 Å². The van der Waals surface area contributed by atoms with E-state index in [2.05, 4.69) is 0 Å². The molecule has 1 aliphatic rings. The maximum atomic E-state index is 12.8. The first-order valence-electron chi connectivity index (χ1n) is 8.80. The van der Waals surface area contributed by atoms with Crippen molar-refractivity contribution in [3.8, 4) is 0 Å². The van der Waals surface area contributed by atoms with Gasteiger partial charge in [-0.05, 0) is 42.7 Å². The number of nitro benzene ring substituents is 1. The number of fused-ring (bicyclic) bond motifs is 1. The van der Waals surface area contributed by atoms with Crippen LogP contribution in [0.5, 0.6) is 0 Å². The normalized spacial score (nSPS) is 13.6. The molecule has 2 N–H and O–H groups in total. The van der Waals surface area contributed by atoms with Gasteiger partial charge in [0, 0.05) is 23.9 Å². The number of anilines is 1. The summed E-state index contributed by atoms with van der Waals surface area (Å²) in [6, 6.07) is 7.07. The Morgan fingerprint density at radius 1 is 1.23 bits per heavy atom. The van der Waals surface area contributed by atoms with Gasteiger partial charge in [0.1, 0.15) is 0 Å². The minimum atomic E-state index is -4.71. The Kier molecular flexibility index (Phi) is 6.01. The van der Waals surface area contributed by atoms with Gasteiger partial charge in [-0.1, -0.05) is 6.07 Å². The molecule has 158 valence electrons. The van der Waals surface area contributed by atoms with Crippen molar-refractivity contribution in [3.63, 3.8) is 0 Å². The van der Waals surface area contributed by atoms with Crippen molar-refractivity contribution < 1.29 is 27.7 Å². The van der Waals surface area contributed by atoms with E-state index in [1.165, 1.54) is 4.90 Å². The summed E-state index contributed by atoms with van der Waals surface area (Å²) in [6.07, 6.45) is -3.52. The van der Waals surface area contributed by atoms with Crippen molar-refractivity contribution in [2.24, 2.45) is 5.73 Å². The third-order valence-electron chi connectivity index (χ3n) is 4.65. The molecule has 0 spiro atoms. The van der Waals surface area contributed by atoms with E-state index < -0.39 is 28.3 Å². The van der Waals surface area contributed by atoms with E-state index in [1.807, 2.05) is 0 Å². The maximum absolute atomic E-state index is 12.8. The van der Waals surface area contributed by atoms with Crippen LogP contribution in [0.3, 0.4) is 0 Å². The van der Waals surface area contributed by atoms with E-state index in [-0.39, 0.29) is 16.6 Å². The predicted molar refractivity (Wildman–Crippen MR) is 104 cm³/mol. The molecule has 0 saturated carbocycles. The van der Waals surface area contributed by atoms with Crippen molar-refractivity contribution in [1.29, 1.82) is 0 Å². The number of nitro groups is 1. The SMILES string of the molecule is NC(=O)c1cccc2c1CCCN2C(=O)CSc1ccc(C(F)(F)F)cc1[N+](=O)[O-]. The Bertz CT molecular complexity index is 1030. The maximum Gasteiger partial charge on any atom is 0.416 e. The molecule has 11 heteroatoms. The fourth-order valence-electron chi connectivity index (χ4n) is 3.29. The zero-order valence-electron chi connectivity index (χ0n) is 15.4. The third kappa shape index (κ3) is 4.40. The second kappa shape index (κ2) is 8.34. The predicted octanol–water partition coefficient (Wildman–Crippen LogP) is 3.78. The van der Waals surface area contributed by atoms with Gasteiger partial charge in [0.25, 0.3) is 5.69 Å². The van der Waals surface area contributed by atoms with Crippen molar-refractivity contribution in [3.05, 3.63) is 63.2 Å². The first-order chi connectivity index (χ1) is 14.1. The number of carbonyl (C=O) groups excluding carboxylic acids is 2. The summed E-state index contributed by atoms with van der Waals surface area (Å²) in [7, 11) is 0. The molecule has 0 radical (unpaired) electrons. The van der Waals surface area contributed by atoms with E-state index in [1.54, 1.807) is 18.2 Å². The van der Waals surface area contributed by atoms with Crippen LogP contribution < -0.4 is 10.6 Å². The van der Waals surface area contributed by atoms with Crippen LogP contribution in [-0.4, -0.2) is 29.0 Å². The lowest BCUT2D eigenvalue weighted by Gasteiger charge is -2.30. The summed E-state index contributed by atoms with van der Waals surface area (Å²) in [5.74, 6) is -1.19. The molecular weight excluding hydrogens is 423 g/mol. The van der Waals surface area contributed by atoms with Gasteiger partial charge < -0.3 is 10.6 Å². The highest BCUT2D eigenvalue weighted by Crippen LogP contribution is 2.37. The molecule has 0 bridgehead atoms.